The molecule has 0 aliphatic rings. The lowest BCUT2D eigenvalue weighted by molar-refractivity contribution is 0.477. The predicted octanol–water partition coefficient (Wildman–Crippen LogP) is 3.06. The van der Waals surface area contributed by atoms with E-state index in [2.05, 4.69) is 52.8 Å². The van der Waals surface area contributed by atoms with Gasteiger partial charge in [0.2, 0.25) is 0 Å². The lowest BCUT2D eigenvalue weighted by Gasteiger charge is -2.22. The highest BCUT2D eigenvalue weighted by Crippen LogP contribution is 2.02. The average Bonchev–Trinajstić information content (AvgIpc) is 2.40. The zero-order valence-electron chi connectivity index (χ0n) is 11.9. The van der Waals surface area contributed by atoms with Crippen molar-refractivity contribution in [2.45, 2.75) is 13.0 Å². The fourth-order valence-electron chi connectivity index (χ4n) is 1.73. The van der Waals surface area contributed by atoms with Gasteiger partial charge in [0, 0.05) is 27.2 Å². The molecule has 1 rings (SSSR count). The third-order valence-electron chi connectivity index (χ3n) is 2.64. The zero-order chi connectivity index (χ0) is 13.2. The fraction of sp³-hybridized carbons (Fsp3) is 0.500. The van der Waals surface area contributed by atoms with Crippen LogP contribution in [0.3, 0.4) is 0 Å². The van der Waals surface area contributed by atoms with E-state index in [4.69, 9.17) is 0 Å². The number of hydrogen-bond donors (Lipinski definition) is 1. The van der Waals surface area contributed by atoms with Crippen LogP contribution in [0.25, 0.3) is 0 Å². The van der Waals surface area contributed by atoms with Gasteiger partial charge in [-0.15, -0.1) is 24.0 Å². The molecule has 0 saturated carbocycles. The van der Waals surface area contributed by atoms with Gasteiger partial charge in [-0.1, -0.05) is 30.3 Å². The predicted molar refractivity (Wildman–Crippen MR) is 97.7 cm³/mol. The van der Waals surface area contributed by atoms with Crippen LogP contribution in [0, 0.1) is 0 Å². The van der Waals surface area contributed by atoms with Crippen molar-refractivity contribution in [2.24, 2.45) is 4.99 Å². The van der Waals surface area contributed by atoms with Crippen LogP contribution in [-0.4, -0.2) is 43.5 Å². The van der Waals surface area contributed by atoms with Gasteiger partial charge in [0.25, 0.3) is 0 Å². The molecule has 0 saturated heterocycles. The van der Waals surface area contributed by atoms with E-state index in [9.17, 15) is 0 Å². The number of hydrogen-bond acceptors (Lipinski definition) is 2. The van der Waals surface area contributed by atoms with Gasteiger partial charge in [-0.3, -0.25) is 4.99 Å². The summed E-state index contributed by atoms with van der Waals surface area (Å²) in [7, 11) is 3.90. The van der Waals surface area contributed by atoms with Crippen molar-refractivity contribution >= 4 is 41.7 Å². The maximum Gasteiger partial charge on any atom is 0.193 e. The van der Waals surface area contributed by atoms with Crippen LogP contribution in [0.1, 0.15) is 12.0 Å². The van der Waals surface area contributed by atoms with E-state index in [0.717, 1.165) is 19.0 Å². The van der Waals surface area contributed by atoms with E-state index >= 15 is 0 Å². The number of nitrogens with zero attached hydrogens (tertiary/aromatic N) is 2. The van der Waals surface area contributed by atoms with Gasteiger partial charge in [0.15, 0.2) is 5.96 Å². The first-order chi connectivity index (χ1) is 8.77. The molecule has 0 spiro atoms. The van der Waals surface area contributed by atoms with Crippen molar-refractivity contribution in [3.05, 3.63) is 35.9 Å². The Balaban J connectivity index is 0.00000324. The summed E-state index contributed by atoms with van der Waals surface area (Å²) in [5.74, 6) is 2.15. The molecular formula is C14H24IN3S. The number of rotatable bonds is 6. The summed E-state index contributed by atoms with van der Waals surface area (Å²) >= 11 is 1.88. The van der Waals surface area contributed by atoms with Crippen molar-refractivity contribution < 1.29 is 0 Å². The van der Waals surface area contributed by atoms with Gasteiger partial charge < -0.3 is 10.2 Å². The van der Waals surface area contributed by atoms with Crippen LogP contribution in [0.15, 0.2) is 35.3 Å². The molecule has 1 N–H and O–H groups in total. The Morgan fingerprint density at radius 1 is 1.32 bits per heavy atom. The summed E-state index contributed by atoms with van der Waals surface area (Å²) in [5.41, 5.74) is 1.30. The number of halogens is 1. The number of aliphatic imine (C=N–C) groups is 1. The third-order valence-corrected chi connectivity index (χ3v) is 3.34. The van der Waals surface area contributed by atoms with Gasteiger partial charge in [0.05, 0.1) is 0 Å². The quantitative estimate of drug-likeness (QED) is 0.349. The summed E-state index contributed by atoms with van der Waals surface area (Å²) in [6, 6.07) is 10.4. The van der Waals surface area contributed by atoms with Crippen molar-refractivity contribution in [2.75, 3.05) is 32.6 Å². The van der Waals surface area contributed by atoms with Gasteiger partial charge in [-0.25, -0.2) is 0 Å². The van der Waals surface area contributed by atoms with Crippen LogP contribution < -0.4 is 5.32 Å². The van der Waals surface area contributed by atoms with Crippen LogP contribution in [-0.2, 0) is 6.54 Å². The molecule has 0 amide bonds. The highest BCUT2D eigenvalue weighted by Gasteiger charge is 2.05. The smallest absolute Gasteiger partial charge is 0.193 e. The summed E-state index contributed by atoms with van der Waals surface area (Å²) < 4.78 is 0. The molecule has 108 valence electrons. The van der Waals surface area contributed by atoms with Crippen LogP contribution in [0.4, 0.5) is 0 Å². The third kappa shape index (κ3) is 7.67. The van der Waals surface area contributed by atoms with Crippen molar-refractivity contribution in [1.82, 2.24) is 10.2 Å². The Hall–Kier alpha value is -0.430. The van der Waals surface area contributed by atoms with Crippen molar-refractivity contribution in [3.63, 3.8) is 0 Å². The SMILES string of the molecule is CN=C(NCCCSC)N(C)Cc1ccccc1.I. The zero-order valence-corrected chi connectivity index (χ0v) is 15.1. The molecule has 5 heteroatoms. The second-order valence-electron chi connectivity index (χ2n) is 4.16. The molecule has 1 aromatic rings. The Morgan fingerprint density at radius 2 is 2.00 bits per heavy atom. The first kappa shape index (κ1) is 18.6. The van der Waals surface area contributed by atoms with Crippen molar-refractivity contribution in [3.8, 4) is 0 Å². The topological polar surface area (TPSA) is 27.6 Å². The number of nitrogens with one attached hydrogen (secondary N) is 1. The van der Waals surface area contributed by atoms with E-state index in [0.29, 0.717) is 0 Å². The van der Waals surface area contributed by atoms with E-state index < -0.39 is 0 Å². The second-order valence-corrected chi connectivity index (χ2v) is 5.15. The minimum absolute atomic E-state index is 0. The lowest BCUT2D eigenvalue weighted by Crippen LogP contribution is -2.39. The van der Waals surface area contributed by atoms with E-state index in [1.807, 2.05) is 24.9 Å². The van der Waals surface area contributed by atoms with Gasteiger partial charge in [-0.2, -0.15) is 11.8 Å². The largest absolute Gasteiger partial charge is 0.356 e. The second kappa shape index (κ2) is 11.4. The van der Waals surface area contributed by atoms with Crippen LogP contribution in [0.5, 0.6) is 0 Å². The molecule has 3 nitrogen and oxygen atoms in total. The Kier molecular flexibility index (Phi) is 11.1. The molecule has 1 aromatic carbocycles. The van der Waals surface area contributed by atoms with Crippen LogP contribution >= 0.6 is 35.7 Å². The minimum atomic E-state index is 0. The van der Waals surface area contributed by atoms with Gasteiger partial charge >= 0.3 is 0 Å². The van der Waals surface area contributed by atoms with E-state index in [-0.39, 0.29) is 24.0 Å². The maximum absolute atomic E-state index is 4.31. The minimum Gasteiger partial charge on any atom is -0.356 e. The average molecular weight is 393 g/mol. The monoisotopic (exact) mass is 393 g/mol. The number of benzene rings is 1. The van der Waals surface area contributed by atoms with Gasteiger partial charge in [0.1, 0.15) is 0 Å². The molecule has 0 radical (unpaired) electrons. The molecule has 0 aromatic heterocycles. The highest BCUT2D eigenvalue weighted by molar-refractivity contribution is 14.0. The Morgan fingerprint density at radius 3 is 2.58 bits per heavy atom. The summed E-state index contributed by atoms with van der Waals surface area (Å²) in [6.07, 6.45) is 3.30. The molecule has 19 heavy (non-hydrogen) atoms. The molecule has 0 aliphatic carbocycles. The molecule has 0 fully saturated rings. The molecular weight excluding hydrogens is 369 g/mol. The summed E-state index contributed by atoms with van der Waals surface area (Å²) in [6.45, 7) is 1.86. The normalized spacial score (nSPS) is 10.8. The summed E-state index contributed by atoms with van der Waals surface area (Å²) in [4.78, 5) is 6.45. The molecule has 0 bridgehead atoms. The van der Waals surface area contributed by atoms with Gasteiger partial charge in [-0.05, 0) is 24.0 Å². The Bertz CT molecular complexity index is 357. The molecule has 0 heterocycles. The van der Waals surface area contributed by atoms with E-state index in [1.165, 1.54) is 17.7 Å². The van der Waals surface area contributed by atoms with Crippen molar-refractivity contribution in [1.29, 1.82) is 0 Å². The lowest BCUT2D eigenvalue weighted by atomic mass is 10.2. The first-order valence-corrected chi connectivity index (χ1v) is 7.62. The standard InChI is InChI=1S/C14H23N3S.HI/c1-15-14(16-10-7-11-18-3)17(2)12-13-8-5-4-6-9-13;/h4-6,8-9H,7,10-12H2,1-3H3,(H,15,16);1H. The fourth-order valence-corrected chi connectivity index (χ4v) is 2.17. The number of thioether (sulfide) groups is 1. The maximum atomic E-state index is 4.31. The van der Waals surface area contributed by atoms with Crippen LogP contribution in [0.2, 0.25) is 0 Å². The number of guanidine groups is 1. The Labute approximate surface area is 138 Å². The molecule has 0 atom stereocenters. The highest BCUT2D eigenvalue weighted by atomic mass is 127. The first-order valence-electron chi connectivity index (χ1n) is 6.22. The molecule has 0 unspecified atom stereocenters. The summed E-state index contributed by atoms with van der Waals surface area (Å²) in [5, 5.41) is 3.39. The molecule has 0 aliphatic heterocycles. The van der Waals surface area contributed by atoms with E-state index in [1.54, 1.807) is 0 Å².